The summed E-state index contributed by atoms with van der Waals surface area (Å²) >= 11 is 6.16. The summed E-state index contributed by atoms with van der Waals surface area (Å²) in [6, 6.07) is 11.6. The number of halogens is 1. The Labute approximate surface area is 209 Å². The van der Waals surface area contributed by atoms with E-state index in [-0.39, 0.29) is 34.9 Å². The molecular formula is C25H27ClN2O6S. The lowest BCUT2D eigenvalue weighted by molar-refractivity contribution is -0.140. The number of sulfonamides is 1. The number of hydrogen-bond donors (Lipinski definition) is 1. The van der Waals surface area contributed by atoms with E-state index in [0.29, 0.717) is 23.7 Å². The molecule has 0 aromatic heterocycles. The molecule has 0 aliphatic carbocycles. The van der Waals surface area contributed by atoms with Gasteiger partial charge in [0.1, 0.15) is 5.76 Å². The number of amides is 1. The topological polar surface area (TPSA) is 104 Å². The predicted molar refractivity (Wildman–Crippen MR) is 131 cm³/mol. The number of carbonyl (C=O) groups is 2. The lowest BCUT2D eigenvalue weighted by Gasteiger charge is -2.26. The van der Waals surface area contributed by atoms with Crippen molar-refractivity contribution in [3.63, 3.8) is 0 Å². The fraction of sp³-hybridized carbons (Fsp3) is 0.360. The third-order valence-corrected chi connectivity index (χ3v) is 8.47. The zero-order valence-corrected chi connectivity index (χ0v) is 20.9. The first kappa shape index (κ1) is 25.4. The fourth-order valence-electron chi connectivity index (χ4n) is 4.52. The van der Waals surface area contributed by atoms with Crippen molar-refractivity contribution in [3.8, 4) is 0 Å². The number of rotatable bonds is 7. The molecule has 4 rings (SSSR count). The van der Waals surface area contributed by atoms with E-state index in [4.69, 9.17) is 16.3 Å². The number of likely N-dealkylation sites (tertiary alicyclic amines) is 1. The number of aliphatic hydroxyl groups excluding tert-OH is 1. The number of carbonyl (C=O) groups excluding carboxylic acids is 2. The minimum absolute atomic E-state index is 0.0833. The molecule has 1 unspecified atom stereocenters. The van der Waals surface area contributed by atoms with Crippen LogP contribution in [0.2, 0.25) is 5.02 Å². The normalized spacial score (nSPS) is 21.0. The Bertz CT molecular complexity index is 1250. The third-order valence-electron chi connectivity index (χ3n) is 6.32. The Morgan fingerprint density at radius 2 is 1.77 bits per heavy atom. The van der Waals surface area contributed by atoms with Crippen molar-refractivity contribution < 1.29 is 27.9 Å². The summed E-state index contributed by atoms with van der Waals surface area (Å²) in [4.78, 5) is 27.3. The second kappa shape index (κ2) is 10.5. The van der Waals surface area contributed by atoms with E-state index < -0.39 is 27.8 Å². The molecule has 2 fully saturated rings. The molecule has 10 heteroatoms. The number of benzene rings is 2. The summed E-state index contributed by atoms with van der Waals surface area (Å²) in [6.45, 7) is 1.30. The van der Waals surface area contributed by atoms with Crippen LogP contribution in [0.1, 0.15) is 36.4 Å². The summed E-state index contributed by atoms with van der Waals surface area (Å²) in [6.07, 6.45) is 2.66. The third kappa shape index (κ3) is 4.99. The van der Waals surface area contributed by atoms with Crippen LogP contribution in [0.25, 0.3) is 5.76 Å². The molecule has 1 amide bonds. The van der Waals surface area contributed by atoms with Gasteiger partial charge in [0.25, 0.3) is 11.7 Å². The smallest absolute Gasteiger partial charge is 0.295 e. The minimum Gasteiger partial charge on any atom is -0.507 e. The first-order valence-corrected chi connectivity index (χ1v) is 13.2. The lowest BCUT2D eigenvalue weighted by atomic mass is 9.95. The first-order chi connectivity index (χ1) is 16.8. The number of piperidine rings is 1. The molecule has 0 saturated carbocycles. The van der Waals surface area contributed by atoms with Crippen molar-refractivity contribution in [2.75, 3.05) is 33.4 Å². The highest BCUT2D eigenvalue weighted by atomic mass is 35.5. The van der Waals surface area contributed by atoms with Gasteiger partial charge in [-0.25, -0.2) is 8.42 Å². The number of ether oxygens (including phenoxy) is 1. The van der Waals surface area contributed by atoms with Gasteiger partial charge in [-0.3, -0.25) is 9.59 Å². The van der Waals surface area contributed by atoms with Crippen LogP contribution < -0.4 is 0 Å². The van der Waals surface area contributed by atoms with E-state index in [9.17, 15) is 23.1 Å². The van der Waals surface area contributed by atoms with E-state index in [0.717, 1.165) is 19.3 Å². The molecule has 1 atom stereocenters. The molecule has 186 valence electrons. The van der Waals surface area contributed by atoms with Gasteiger partial charge < -0.3 is 14.7 Å². The Kier molecular flexibility index (Phi) is 7.61. The molecule has 35 heavy (non-hydrogen) atoms. The van der Waals surface area contributed by atoms with Crippen molar-refractivity contribution in [1.29, 1.82) is 0 Å². The lowest BCUT2D eigenvalue weighted by Crippen LogP contribution is -2.35. The van der Waals surface area contributed by atoms with Gasteiger partial charge in [-0.1, -0.05) is 30.2 Å². The SMILES string of the molecule is COCCN1C(=O)C(=O)/C(=C(/O)c2ccc(S(=O)(=O)N3CCCCC3)cc2)C1c1cccc(Cl)c1. The van der Waals surface area contributed by atoms with Crippen LogP contribution in [0.15, 0.2) is 59.0 Å². The first-order valence-electron chi connectivity index (χ1n) is 11.4. The molecule has 2 aromatic rings. The van der Waals surface area contributed by atoms with Crippen molar-refractivity contribution in [2.45, 2.75) is 30.2 Å². The summed E-state index contributed by atoms with van der Waals surface area (Å²) in [5, 5.41) is 11.6. The second-order valence-corrected chi connectivity index (χ2v) is 10.9. The van der Waals surface area contributed by atoms with Gasteiger partial charge in [-0.2, -0.15) is 4.31 Å². The standard InChI is InChI=1S/C25H27ClN2O6S/c1-34-15-14-28-22(18-6-5-7-19(26)16-18)21(24(30)25(28)31)23(29)17-8-10-20(11-9-17)35(32,33)27-12-3-2-4-13-27/h5-11,16,22,29H,2-4,12-15H2,1H3/b23-21+. The Morgan fingerprint density at radius 3 is 2.40 bits per heavy atom. The van der Waals surface area contributed by atoms with Crippen LogP contribution in [0, 0.1) is 0 Å². The molecule has 2 aromatic carbocycles. The van der Waals surface area contributed by atoms with Crippen molar-refractivity contribution in [3.05, 3.63) is 70.3 Å². The monoisotopic (exact) mass is 518 g/mol. The summed E-state index contributed by atoms with van der Waals surface area (Å²) < 4.78 is 32.5. The van der Waals surface area contributed by atoms with Crippen molar-refractivity contribution in [2.24, 2.45) is 0 Å². The minimum atomic E-state index is -3.64. The highest BCUT2D eigenvalue weighted by molar-refractivity contribution is 7.89. The zero-order valence-electron chi connectivity index (χ0n) is 19.3. The number of Topliss-reactive ketones (excluding diaryl/α,β-unsaturated/α-hetero) is 1. The van der Waals surface area contributed by atoms with E-state index in [1.807, 2.05) is 0 Å². The molecular weight excluding hydrogens is 492 g/mol. The van der Waals surface area contributed by atoms with Gasteiger partial charge in [0.15, 0.2) is 0 Å². The number of nitrogens with zero attached hydrogens (tertiary/aromatic N) is 2. The van der Waals surface area contributed by atoms with Crippen LogP contribution in [-0.4, -0.2) is 67.8 Å². The van der Waals surface area contributed by atoms with E-state index in [2.05, 4.69) is 0 Å². The van der Waals surface area contributed by atoms with Gasteiger partial charge >= 0.3 is 0 Å². The average Bonchev–Trinajstić information content (AvgIpc) is 3.12. The molecule has 2 aliphatic heterocycles. The van der Waals surface area contributed by atoms with Crippen LogP contribution in [0.4, 0.5) is 0 Å². The van der Waals surface area contributed by atoms with Crippen LogP contribution in [0.5, 0.6) is 0 Å². The van der Waals surface area contributed by atoms with Gasteiger partial charge in [-0.05, 0) is 54.8 Å². The summed E-state index contributed by atoms with van der Waals surface area (Å²) in [5.41, 5.74) is 0.720. The molecule has 2 saturated heterocycles. The maximum Gasteiger partial charge on any atom is 0.295 e. The zero-order chi connectivity index (χ0) is 25.2. The molecule has 1 N–H and O–H groups in total. The highest BCUT2D eigenvalue weighted by Crippen LogP contribution is 2.40. The molecule has 2 aliphatic rings. The maximum atomic E-state index is 13.0. The Morgan fingerprint density at radius 1 is 1.09 bits per heavy atom. The molecule has 8 nitrogen and oxygen atoms in total. The quantitative estimate of drug-likeness (QED) is 0.341. The van der Waals surface area contributed by atoms with Gasteiger partial charge in [0.05, 0.1) is 23.1 Å². The Balaban J connectivity index is 1.74. The van der Waals surface area contributed by atoms with Crippen LogP contribution >= 0.6 is 11.6 Å². The number of aliphatic hydroxyl groups is 1. The number of hydrogen-bond acceptors (Lipinski definition) is 6. The summed E-state index contributed by atoms with van der Waals surface area (Å²) in [5.74, 6) is -1.96. The molecule has 2 heterocycles. The second-order valence-electron chi connectivity index (χ2n) is 8.53. The van der Waals surface area contributed by atoms with Gasteiger partial charge in [0, 0.05) is 37.3 Å². The predicted octanol–water partition coefficient (Wildman–Crippen LogP) is 3.58. The van der Waals surface area contributed by atoms with E-state index >= 15 is 0 Å². The number of ketones is 1. The van der Waals surface area contributed by atoms with Crippen LogP contribution in [0.3, 0.4) is 0 Å². The fourth-order valence-corrected chi connectivity index (χ4v) is 6.23. The largest absolute Gasteiger partial charge is 0.507 e. The molecule has 0 radical (unpaired) electrons. The van der Waals surface area contributed by atoms with Crippen LogP contribution in [-0.2, 0) is 24.3 Å². The average molecular weight is 519 g/mol. The number of methoxy groups -OCH3 is 1. The van der Waals surface area contributed by atoms with Crippen molar-refractivity contribution >= 4 is 39.1 Å². The summed E-state index contributed by atoms with van der Waals surface area (Å²) in [7, 11) is -2.15. The Hall–Kier alpha value is -2.72. The van der Waals surface area contributed by atoms with Crippen molar-refractivity contribution in [1.82, 2.24) is 9.21 Å². The highest BCUT2D eigenvalue weighted by Gasteiger charge is 2.46. The molecule has 0 bridgehead atoms. The van der Waals surface area contributed by atoms with Gasteiger partial charge in [0.2, 0.25) is 10.0 Å². The maximum absolute atomic E-state index is 13.0. The van der Waals surface area contributed by atoms with Gasteiger partial charge in [-0.15, -0.1) is 0 Å². The van der Waals surface area contributed by atoms with E-state index in [1.54, 1.807) is 24.3 Å². The molecule has 0 spiro atoms. The van der Waals surface area contributed by atoms with E-state index in [1.165, 1.54) is 40.6 Å².